The summed E-state index contributed by atoms with van der Waals surface area (Å²) in [6.45, 7) is 12.8. The summed E-state index contributed by atoms with van der Waals surface area (Å²) in [5.41, 5.74) is 0.298. The van der Waals surface area contributed by atoms with E-state index in [0.717, 1.165) is 0 Å². The molecule has 2 nitrogen and oxygen atoms in total. The number of nitrogens with one attached hydrogen (secondary N) is 2. The molecule has 2 N–H and O–H groups in total. The first-order valence-electron chi connectivity index (χ1n) is 4.41. The van der Waals surface area contributed by atoms with Crippen molar-refractivity contribution < 1.29 is 20.3 Å². The Kier molecular flexibility index (Phi) is 6.66. The third kappa shape index (κ3) is 14.8. The van der Waals surface area contributed by atoms with Crippen LogP contribution < -0.4 is 29.5 Å². The summed E-state index contributed by atoms with van der Waals surface area (Å²) >= 11 is 0. The van der Waals surface area contributed by atoms with E-state index >= 15 is 0 Å². The van der Waals surface area contributed by atoms with Gasteiger partial charge in [-0.2, -0.15) is 0 Å². The van der Waals surface area contributed by atoms with E-state index in [1.807, 2.05) is 12.4 Å². The third-order valence-corrected chi connectivity index (χ3v) is 1.12. The molecule has 0 aliphatic rings. The Morgan fingerprint density at radius 3 is 1.15 bits per heavy atom. The van der Waals surface area contributed by atoms with Crippen LogP contribution in [0.1, 0.15) is 43.0 Å². The minimum Gasteiger partial charge on any atom is -1.00 e. The predicted molar refractivity (Wildman–Crippen MR) is 56.0 cm³/mol. The molecular weight excluding hydrogens is 155 g/mol. The number of rotatable bonds is 2. The third-order valence-electron chi connectivity index (χ3n) is 1.12. The largest absolute Gasteiger partial charge is 1.00 e. The molecule has 0 saturated heterocycles. The van der Waals surface area contributed by atoms with E-state index in [1.165, 1.54) is 0 Å². The monoisotopic (exact) mass is 178 g/mol. The Balaban J connectivity index is -0.000000605. The summed E-state index contributed by atoms with van der Waals surface area (Å²) in [5, 5.41) is 6.50. The van der Waals surface area contributed by atoms with Crippen molar-refractivity contribution in [2.75, 3.05) is 0 Å². The molecule has 0 spiro atoms. The Labute approximate surface area is 96.2 Å². The van der Waals surface area contributed by atoms with Gasteiger partial charge in [-0.3, -0.25) is 0 Å². The maximum absolute atomic E-state index is 3.25. The van der Waals surface area contributed by atoms with Crippen molar-refractivity contribution in [3.8, 4) is 0 Å². The van der Waals surface area contributed by atoms with E-state index in [4.69, 9.17) is 0 Å². The maximum atomic E-state index is 3.25. The Morgan fingerprint density at radius 1 is 0.769 bits per heavy atom. The van der Waals surface area contributed by atoms with Crippen molar-refractivity contribution >= 4 is 0 Å². The molecule has 0 aromatic carbocycles. The van der Waals surface area contributed by atoms with E-state index in [-0.39, 0.29) is 31.4 Å². The molecule has 0 aromatic heterocycles. The summed E-state index contributed by atoms with van der Waals surface area (Å²) in [5.74, 6) is 0. The standard InChI is InChI=1S/C10H22N2.Li.H/c1-9(2,3)11-7-8-12-10(4,5)6;;/h7-8,11-12H,1-6H3;;/q;+1;-1/b8-7+;;. The molecule has 0 bridgehead atoms. The zero-order chi connectivity index (χ0) is 9.83. The van der Waals surface area contributed by atoms with Crippen molar-refractivity contribution in [3.05, 3.63) is 12.4 Å². The van der Waals surface area contributed by atoms with Gasteiger partial charge in [0, 0.05) is 23.5 Å². The van der Waals surface area contributed by atoms with Gasteiger partial charge in [0.25, 0.3) is 0 Å². The topological polar surface area (TPSA) is 24.1 Å². The second-order valence-electron chi connectivity index (χ2n) is 5.12. The fourth-order valence-electron chi connectivity index (χ4n) is 0.583. The van der Waals surface area contributed by atoms with Crippen LogP contribution in [0.5, 0.6) is 0 Å². The van der Waals surface area contributed by atoms with Gasteiger partial charge < -0.3 is 12.1 Å². The molecule has 0 aliphatic carbocycles. The van der Waals surface area contributed by atoms with Crippen LogP contribution in [0.2, 0.25) is 0 Å². The molecule has 0 amide bonds. The Morgan fingerprint density at radius 2 is 1.00 bits per heavy atom. The summed E-state index contributed by atoms with van der Waals surface area (Å²) < 4.78 is 0. The van der Waals surface area contributed by atoms with Gasteiger partial charge in [-0.15, -0.1) is 0 Å². The number of hydrogen-bond acceptors (Lipinski definition) is 2. The van der Waals surface area contributed by atoms with Gasteiger partial charge in [0.15, 0.2) is 0 Å². The summed E-state index contributed by atoms with van der Waals surface area (Å²) in [4.78, 5) is 0. The van der Waals surface area contributed by atoms with Crippen molar-refractivity contribution in [1.82, 2.24) is 10.6 Å². The van der Waals surface area contributed by atoms with Crippen LogP contribution in [0.25, 0.3) is 0 Å². The molecule has 0 aliphatic heterocycles. The van der Waals surface area contributed by atoms with Crippen molar-refractivity contribution in [2.24, 2.45) is 0 Å². The molecule has 0 saturated carbocycles. The minimum absolute atomic E-state index is 0. The van der Waals surface area contributed by atoms with Gasteiger partial charge in [0.2, 0.25) is 0 Å². The summed E-state index contributed by atoms with van der Waals surface area (Å²) in [6, 6.07) is 0. The molecule has 0 rings (SSSR count). The Hall–Kier alpha value is -0.0626. The van der Waals surface area contributed by atoms with E-state index in [2.05, 4.69) is 52.2 Å². The molecule has 0 radical (unpaired) electrons. The molecule has 0 atom stereocenters. The zero-order valence-corrected chi connectivity index (χ0v) is 10.2. The first-order valence-corrected chi connectivity index (χ1v) is 4.41. The minimum atomic E-state index is 0. The molecule has 0 fully saturated rings. The second-order valence-corrected chi connectivity index (χ2v) is 5.12. The predicted octanol–water partition coefficient (Wildman–Crippen LogP) is -0.650. The van der Waals surface area contributed by atoms with Gasteiger partial charge in [-0.05, 0) is 41.5 Å². The normalized spacial score (nSPS) is 12.5. The van der Waals surface area contributed by atoms with E-state index in [0.29, 0.717) is 0 Å². The molecular formula is C10H23LiN2. The smallest absolute Gasteiger partial charge is 1.00 e. The van der Waals surface area contributed by atoms with Crippen molar-refractivity contribution in [3.63, 3.8) is 0 Å². The average molecular weight is 178 g/mol. The fourth-order valence-corrected chi connectivity index (χ4v) is 0.583. The van der Waals surface area contributed by atoms with Gasteiger partial charge in [0.1, 0.15) is 0 Å². The molecule has 0 heterocycles. The van der Waals surface area contributed by atoms with Gasteiger partial charge >= 0.3 is 18.9 Å². The van der Waals surface area contributed by atoms with Crippen LogP contribution in [-0.4, -0.2) is 11.1 Å². The van der Waals surface area contributed by atoms with Gasteiger partial charge in [-0.1, -0.05) is 0 Å². The first kappa shape index (κ1) is 15.4. The van der Waals surface area contributed by atoms with E-state index in [1.54, 1.807) is 0 Å². The fraction of sp³-hybridized carbons (Fsp3) is 0.800. The van der Waals surface area contributed by atoms with Crippen LogP contribution in [0.4, 0.5) is 0 Å². The van der Waals surface area contributed by atoms with E-state index < -0.39 is 0 Å². The van der Waals surface area contributed by atoms with Crippen molar-refractivity contribution in [1.29, 1.82) is 0 Å². The van der Waals surface area contributed by atoms with Crippen LogP contribution in [0.15, 0.2) is 12.4 Å². The van der Waals surface area contributed by atoms with Crippen LogP contribution in [-0.2, 0) is 0 Å². The van der Waals surface area contributed by atoms with Crippen LogP contribution in [0.3, 0.4) is 0 Å². The van der Waals surface area contributed by atoms with Gasteiger partial charge in [-0.25, -0.2) is 0 Å². The van der Waals surface area contributed by atoms with E-state index in [9.17, 15) is 0 Å². The van der Waals surface area contributed by atoms with Gasteiger partial charge in [0.05, 0.1) is 0 Å². The maximum Gasteiger partial charge on any atom is 1.00 e. The van der Waals surface area contributed by atoms with Crippen LogP contribution in [0, 0.1) is 0 Å². The molecule has 0 unspecified atom stereocenters. The Bertz CT molecular complexity index is 138. The zero-order valence-electron chi connectivity index (χ0n) is 11.2. The average Bonchev–Trinajstić information content (AvgIpc) is 1.76. The second kappa shape index (κ2) is 5.62. The van der Waals surface area contributed by atoms with Crippen molar-refractivity contribution in [2.45, 2.75) is 52.6 Å². The molecule has 0 aromatic rings. The summed E-state index contributed by atoms with van der Waals surface area (Å²) in [6.07, 6.45) is 3.90. The molecule has 13 heavy (non-hydrogen) atoms. The molecule has 3 heteroatoms. The number of hydrogen-bond donors (Lipinski definition) is 2. The molecule has 74 valence electrons. The first-order chi connectivity index (χ1) is 5.21. The van der Waals surface area contributed by atoms with Crippen LogP contribution >= 0.6 is 0 Å². The SMILES string of the molecule is CC(C)(C)N/C=C/NC(C)(C)C.[H-].[Li+]. The quantitative estimate of drug-likeness (QED) is 0.549. The summed E-state index contributed by atoms with van der Waals surface area (Å²) in [7, 11) is 0.